The third-order valence-corrected chi connectivity index (χ3v) is 3.59. The molecule has 0 aromatic heterocycles. The molecule has 1 aromatic rings. The molecule has 1 aromatic carbocycles. The first-order chi connectivity index (χ1) is 9.12. The summed E-state index contributed by atoms with van der Waals surface area (Å²) in [6.45, 7) is 7.66. The fraction of sp³-hybridized carbons (Fsp3) is 0.533. The monoisotopic (exact) mass is 341 g/mol. The lowest BCUT2D eigenvalue weighted by Crippen LogP contribution is -2.40. The normalized spacial score (nSPS) is 11.8. The number of carbonyl (C=O) groups is 1. The number of rotatable bonds is 5. The van der Waals surface area contributed by atoms with Gasteiger partial charge < -0.3 is 16.0 Å². The van der Waals surface area contributed by atoms with Gasteiger partial charge in [0.05, 0.1) is 0 Å². The molecule has 0 saturated carbocycles. The molecule has 0 atom stereocenters. The SMILES string of the molecule is Cc1c(N)cc(Br)cc1C(=O)NCC(C)(C)CN(C)C. The molecule has 0 aliphatic carbocycles. The Hall–Kier alpha value is -1.07. The maximum absolute atomic E-state index is 12.3. The lowest BCUT2D eigenvalue weighted by atomic mass is 9.92. The average molecular weight is 342 g/mol. The third-order valence-electron chi connectivity index (χ3n) is 3.13. The van der Waals surface area contributed by atoms with Crippen molar-refractivity contribution in [2.75, 3.05) is 32.9 Å². The van der Waals surface area contributed by atoms with E-state index in [2.05, 4.69) is 40.0 Å². The minimum absolute atomic E-state index is 0.0185. The van der Waals surface area contributed by atoms with Crippen LogP contribution in [-0.2, 0) is 0 Å². The summed E-state index contributed by atoms with van der Waals surface area (Å²) in [5, 5.41) is 3.00. The van der Waals surface area contributed by atoms with Crippen LogP contribution in [-0.4, -0.2) is 38.0 Å². The van der Waals surface area contributed by atoms with Crippen LogP contribution in [0.3, 0.4) is 0 Å². The molecule has 0 saturated heterocycles. The van der Waals surface area contributed by atoms with E-state index in [1.165, 1.54) is 0 Å². The predicted octanol–water partition coefficient (Wildman–Crippen LogP) is 2.66. The fourth-order valence-electron chi connectivity index (χ4n) is 2.26. The van der Waals surface area contributed by atoms with E-state index in [1.807, 2.05) is 27.1 Å². The van der Waals surface area contributed by atoms with E-state index in [9.17, 15) is 4.79 Å². The predicted molar refractivity (Wildman–Crippen MR) is 88.0 cm³/mol. The van der Waals surface area contributed by atoms with E-state index in [0.29, 0.717) is 17.8 Å². The van der Waals surface area contributed by atoms with E-state index in [1.54, 1.807) is 6.07 Å². The number of nitrogens with zero attached hydrogens (tertiary/aromatic N) is 1. The Labute approximate surface area is 129 Å². The van der Waals surface area contributed by atoms with Crippen molar-refractivity contribution in [3.8, 4) is 0 Å². The largest absolute Gasteiger partial charge is 0.398 e. The minimum Gasteiger partial charge on any atom is -0.398 e. The maximum atomic E-state index is 12.3. The summed E-state index contributed by atoms with van der Waals surface area (Å²) >= 11 is 3.37. The molecule has 0 radical (unpaired) electrons. The second-order valence-corrected chi connectivity index (χ2v) is 7.17. The van der Waals surface area contributed by atoms with Crippen molar-refractivity contribution in [1.82, 2.24) is 10.2 Å². The molecule has 1 amide bonds. The first-order valence-corrected chi connectivity index (χ1v) is 7.40. The second-order valence-electron chi connectivity index (χ2n) is 6.25. The van der Waals surface area contributed by atoms with Crippen molar-refractivity contribution in [3.05, 3.63) is 27.7 Å². The molecule has 0 spiro atoms. The van der Waals surface area contributed by atoms with Crippen LogP contribution in [0.2, 0.25) is 0 Å². The quantitative estimate of drug-likeness (QED) is 0.809. The molecular formula is C15H24BrN3O. The van der Waals surface area contributed by atoms with Crippen LogP contribution < -0.4 is 11.1 Å². The molecule has 20 heavy (non-hydrogen) atoms. The molecule has 0 aliphatic rings. The Bertz CT molecular complexity index is 498. The molecule has 3 N–H and O–H groups in total. The number of halogens is 1. The number of carbonyl (C=O) groups excluding carboxylic acids is 1. The summed E-state index contributed by atoms with van der Waals surface area (Å²) in [6.07, 6.45) is 0. The zero-order valence-electron chi connectivity index (χ0n) is 12.9. The van der Waals surface area contributed by atoms with E-state index in [4.69, 9.17) is 5.73 Å². The van der Waals surface area contributed by atoms with Gasteiger partial charge in [-0.25, -0.2) is 0 Å². The summed E-state index contributed by atoms with van der Waals surface area (Å²) in [6, 6.07) is 3.61. The minimum atomic E-state index is -0.0812. The molecule has 1 rings (SSSR count). The number of nitrogens with two attached hydrogens (primary N) is 1. The van der Waals surface area contributed by atoms with Gasteiger partial charge in [-0.1, -0.05) is 29.8 Å². The molecule has 0 unspecified atom stereocenters. The summed E-state index contributed by atoms with van der Waals surface area (Å²) in [5.41, 5.74) is 7.97. The lowest BCUT2D eigenvalue weighted by molar-refractivity contribution is 0.0928. The molecule has 0 aliphatic heterocycles. The van der Waals surface area contributed by atoms with Crippen molar-refractivity contribution < 1.29 is 4.79 Å². The highest BCUT2D eigenvalue weighted by atomic mass is 79.9. The summed E-state index contributed by atoms with van der Waals surface area (Å²) in [5.74, 6) is -0.0812. The molecule has 0 fully saturated rings. The number of nitrogens with one attached hydrogen (secondary N) is 1. The maximum Gasteiger partial charge on any atom is 0.251 e. The van der Waals surface area contributed by atoms with Crippen LogP contribution in [0, 0.1) is 12.3 Å². The molecule has 4 nitrogen and oxygen atoms in total. The van der Waals surface area contributed by atoms with Crippen molar-refractivity contribution >= 4 is 27.5 Å². The Morgan fingerprint density at radius 2 is 2.00 bits per heavy atom. The van der Waals surface area contributed by atoms with Gasteiger partial charge in [0, 0.05) is 28.8 Å². The zero-order valence-corrected chi connectivity index (χ0v) is 14.5. The van der Waals surface area contributed by atoms with Gasteiger partial charge >= 0.3 is 0 Å². The van der Waals surface area contributed by atoms with Crippen molar-refractivity contribution in [1.29, 1.82) is 0 Å². The van der Waals surface area contributed by atoms with Gasteiger partial charge in [0.1, 0.15) is 0 Å². The summed E-state index contributed by atoms with van der Waals surface area (Å²) < 4.78 is 0.818. The second kappa shape index (κ2) is 6.59. The van der Waals surface area contributed by atoms with Gasteiger partial charge in [-0.3, -0.25) is 4.79 Å². The number of amides is 1. The van der Waals surface area contributed by atoms with Gasteiger partial charge in [-0.15, -0.1) is 0 Å². The summed E-state index contributed by atoms with van der Waals surface area (Å²) in [7, 11) is 4.06. The number of nitrogen functional groups attached to an aromatic ring is 1. The van der Waals surface area contributed by atoms with Gasteiger partial charge in [0.15, 0.2) is 0 Å². The topological polar surface area (TPSA) is 58.4 Å². The Balaban J connectivity index is 2.78. The van der Waals surface area contributed by atoms with E-state index in [-0.39, 0.29) is 11.3 Å². The van der Waals surface area contributed by atoms with Crippen LogP contribution in [0.4, 0.5) is 5.69 Å². The average Bonchev–Trinajstić information content (AvgIpc) is 2.29. The van der Waals surface area contributed by atoms with Gasteiger partial charge in [0.2, 0.25) is 0 Å². The Morgan fingerprint density at radius 3 is 2.55 bits per heavy atom. The summed E-state index contributed by atoms with van der Waals surface area (Å²) in [4.78, 5) is 14.4. The molecule has 112 valence electrons. The van der Waals surface area contributed by atoms with Gasteiger partial charge in [0.25, 0.3) is 5.91 Å². The van der Waals surface area contributed by atoms with Crippen molar-refractivity contribution in [2.24, 2.45) is 5.41 Å². The van der Waals surface area contributed by atoms with E-state index >= 15 is 0 Å². The van der Waals surface area contributed by atoms with Crippen LogP contribution in [0.5, 0.6) is 0 Å². The highest BCUT2D eigenvalue weighted by Gasteiger charge is 2.21. The molecule has 0 heterocycles. The number of hydrogen-bond acceptors (Lipinski definition) is 3. The van der Waals surface area contributed by atoms with Crippen LogP contribution in [0.15, 0.2) is 16.6 Å². The van der Waals surface area contributed by atoms with Crippen LogP contribution in [0.1, 0.15) is 29.8 Å². The number of anilines is 1. The fourth-order valence-corrected chi connectivity index (χ4v) is 2.74. The lowest BCUT2D eigenvalue weighted by Gasteiger charge is -2.28. The standard InChI is InChI=1S/C15H24BrN3O/c1-10-12(6-11(16)7-13(10)17)14(20)18-8-15(2,3)9-19(4)5/h6-7H,8-9,17H2,1-5H3,(H,18,20). The van der Waals surface area contributed by atoms with E-state index in [0.717, 1.165) is 16.6 Å². The van der Waals surface area contributed by atoms with Crippen LogP contribution >= 0.6 is 15.9 Å². The number of hydrogen-bond donors (Lipinski definition) is 2. The smallest absolute Gasteiger partial charge is 0.251 e. The zero-order chi connectivity index (χ0) is 15.5. The first-order valence-electron chi connectivity index (χ1n) is 6.61. The molecule has 5 heteroatoms. The third kappa shape index (κ3) is 4.80. The van der Waals surface area contributed by atoms with Crippen LogP contribution in [0.25, 0.3) is 0 Å². The highest BCUT2D eigenvalue weighted by molar-refractivity contribution is 9.10. The highest BCUT2D eigenvalue weighted by Crippen LogP contribution is 2.23. The van der Waals surface area contributed by atoms with Crippen molar-refractivity contribution in [3.63, 3.8) is 0 Å². The van der Waals surface area contributed by atoms with Gasteiger partial charge in [-0.05, 0) is 44.1 Å². The van der Waals surface area contributed by atoms with Gasteiger partial charge in [-0.2, -0.15) is 0 Å². The molecule has 0 bridgehead atoms. The number of benzene rings is 1. The first kappa shape index (κ1) is 17.0. The van der Waals surface area contributed by atoms with Crippen molar-refractivity contribution in [2.45, 2.75) is 20.8 Å². The Morgan fingerprint density at radius 1 is 1.40 bits per heavy atom. The Kier molecular flexibility index (Phi) is 5.59. The molecular weight excluding hydrogens is 318 g/mol. The van der Waals surface area contributed by atoms with E-state index < -0.39 is 0 Å².